The van der Waals surface area contributed by atoms with Crippen LogP contribution in [0.5, 0.6) is 0 Å². The van der Waals surface area contributed by atoms with Crippen molar-refractivity contribution in [2.24, 2.45) is 0 Å². The first kappa shape index (κ1) is 14.6. The van der Waals surface area contributed by atoms with E-state index in [1.165, 1.54) is 6.33 Å². The van der Waals surface area contributed by atoms with Crippen LogP contribution in [0.15, 0.2) is 53.6 Å². The molecule has 4 rings (SSSR count). The molecule has 1 amide bonds. The summed E-state index contributed by atoms with van der Waals surface area (Å²) in [6.07, 6.45) is 3.66. The highest BCUT2D eigenvalue weighted by Gasteiger charge is 2.20. The van der Waals surface area contributed by atoms with Crippen LogP contribution in [0.3, 0.4) is 0 Å². The Morgan fingerprint density at radius 1 is 1.33 bits per heavy atom. The molecule has 1 aromatic carbocycles. The molecule has 0 radical (unpaired) electrons. The Morgan fingerprint density at radius 2 is 2.29 bits per heavy atom. The standard InChI is InChI=1S/C16H14N6OS/c23-16(19-13-2-1-11-3-5-17-14(11)7-13)8-15(12-4-6-24-9-12)22-10-18-20-21-22/h1-7,9-10,15,17H,8H2,(H,19,23)/t15-/m0/s1. The zero-order valence-corrected chi connectivity index (χ0v) is 13.4. The van der Waals surface area contributed by atoms with Crippen molar-refractivity contribution in [1.29, 1.82) is 0 Å². The molecule has 0 aliphatic carbocycles. The van der Waals surface area contributed by atoms with Crippen LogP contribution in [0.1, 0.15) is 18.0 Å². The number of fused-ring (bicyclic) bond motifs is 1. The van der Waals surface area contributed by atoms with Crippen LogP contribution in [-0.4, -0.2) is 31.1 Å². The number of benzene rings is 1. The third kappa shape index (κ3) is 2.91. The Morgan fingerprint density at radius 3 is 3.08 bits per heavy atom. The molecule has 2 N–H and O–H groups in total. The topological polar surface area (TPSA) is 88.5 Å². The molecule has 0 aliphatic heterocycles. The second-order valence-electron chi connectivity index (χ2n) is 5.39. The van der Waals surface area contributed by atoms with E-state index < -0.39 is 0 Å². The number of carbonyl (C=O) groups is 1. The van der Waals surface area contributed by atoms with E-state index in [-0.39, 0.29) is 18.4 Å². The van der Waals surface area contributed by atoms with Crippen LogP contribution >= 0.6 is 11.3 Å². The number of aromatic amines is 1. The predicted molar refractivity (Wildman–Crippen MR) is 91.8 cm³/mol. The average molecular weight is 338 g/mol. The van der Waals surface area contributed by atoms with Crippen molar-refractivity contribution < 1.29 is 4.79 Å². The molecule has 1 atom stereocenters. The number of tetrazole rings is 1. The number of nitrogens with one attached hydrogen (secondary N) is 2. The fourth-order valence-corrected chi connectivity index (χ4v) is 3.36. The molecule has 8 heteroatoms. The van der Waals surface area contributed by atoms with E-state index in [1.54, 1.807) is 16.0 Å². The van der Waals surface area contributed by atoms with Gasteiger partial charge in [0.25, 0.3) is 0 Å². The van der Waals surface area contributed by atoms with Gasteiger partial charge in [-0.15, -0.1) is 5.10 Å². The molecular formula is C16H14N6OS. The number of amides is 1. The van der Waals surface area contributed by atoms with E-state index in [2.05, 4.69) is 25.8 Å². The summed E-state index contributed by atoms with van der Waals surface area (Å²) in [7, 11) is 0. The maximum absolute atomic E-state index is 12.5. The van der Waals surface area contributed by atoms with E-state index in [0.29, 0.717) is 0 Å². The van der Waals surface area contributed by atoms with Crippen LogP contribution in [0.25, 0.3) is 10.9 Å². The van der Waals surface area contributed by atoms with Gasteiger partial charge in [-0.2, -0.15) is 11.3 Å². The summed E-state index contributed by atoms with van der Waals surface area (Å²) in [4.78, 5) is 15.6. The van der Waals surface area contributed by atoms with E-state index >= 15 is 0 Å². The van der Waals surface area contributed by atoms with Crippen molar-refractivity contribution in [2.75, 3.05) is 5.32 Å². The third-order valence-electron chi connectivity index (χ3n) is 3.83. The second kappa shape index (κ2) is 6.25. The van der Waals surface area contributed by atoms with Gasteiger partial charge in [0.1, 0.15) is 6.33 Å². The van der Waals surface area contributed by atoms with E-state index in [4.69, 9.17) is 0 Å². The first-order valence-electron chi connectivity index (χ1n) is 7.41. The Hall–Kier alpha value is -3.00. The Kier molecular flexibility index (Phi) is 3.80. The summed E-state index contributed by atoms with van der Waals surface area (Å²) >= 11 is 1.58. The van der Waals surface area contributed by atoms with Crippen molar-refractivity contribution in [3.05, 3.63) is 59.2 Å². The number of rotatable bonds is 5. The lowest BCUT2D eigenvalue weighted by molar-refractivity contribution is -0.116. The summed E-state index contributed by atoms with van der Waals surface area (Å²) in [5, 5.41) is 19.3. The number of nitrogens with zero attached hydrogens (tertiary/aromatic N) is 4. The molecule has 4 aromatic rings. The Labute approximate surface area is 141 Å². The highest BCUT2D eigenvalue weighted by molar-refractivity contribution is 7.08. The fourth-order valence-electron chi connectivity index (χ4n) is 2.65. The lowest BCUT2D eigenvalue weighted by Crippen LogP contribution is -2.20. The molecule has 0 saturated heterocycles. The van der Waals surface area contributed by atoms with Crippen LogP contribution in [-0.2, 0) is 4.79 Å². The maximum atomic E-state index is 12.5. The number of hydrogen-bond donors (Lipinski definition) is 2. The molecule has 120 valence electrons. The highest BCUT2D eigenvalue weighted by Crippen LogP contribution is 2.24. The first-order chi connectivity index (χ1) is 11.8. The van der Waals surface area contributed by atoms with Gasteiger partial charge in [-0.1, -0.05) is 6.07 Å². The molecule has 0 fully saturated rings. The van der Waals surface area contributed by atoms with Crippen LogP contribution < -0.4 is 5.32 Å². The van der Waals surface area contributed by atoms with Crippen LogP contribution in [0, 0.1) is 0 Å². The number of carbonyl (C=O) groups excluding carboxylic acids is 1. The van der Waals surface area contributed by atoms with Gasteiger partial charge >= 0.3 is 0 Å². The summed E-state index contributed by atoms with van der Waals surface area (Å²) in [6.45, 7) is 0. The van der Waals surface area contributed by atoms with Crippen molar-refractivity contribution >= 4 is 33.8 Å². The van der Waals surface area contributed by atoms with E-state index in [1.807, 2.05) is 47.3 Å². The van der Waals surface area contributed by atoms with Gasteiger partial charge in [0.2, 0.25) is 5.91 Å². The van der Waals surface area contributed by atoms with Crippen molar-refractivity contribution in [2.45, 2.75) is 12.5 Å². The van der Waals surface area contributed by atoms with Gasteiger partial charge in [-0.05, 0) is 56.4 Å². The van der Waals surface area contributed by atoms with E-state index in [9.17, 15) is 4.79 Å². The number of H-pyrrole nitrogens is 1. The summed E-state index contributed by atoms with van der Waals surface area (Å²) in [6, 6.07) is 9.54. The molecule has 0 bridgehead atoms. The summed E-state index contributed by atoms with van der Waals surface area (Å²) in [5.74, 6) is -0.0902. The molecule has 24 heavy (non-hydrogen) atoms. The molecule has 0 saturated carbocycles. The zero-order chi connectivity index (χ0) is 16.4. The van der Waals surface area contributed by atoms with Crippen molar-refractivity contribution in [3.63, 3.8) is 0 Å². The van der Waals surface area contributed by atoms with E-state index in [0.717, 1.165) is 22.2 Å². The highest BCUT2D eigenvalue weighted by atomic mass is 32.1. The normalized spacial score (nSPS) is 12.3. The minimum atomic E-state index is -0.222. The van der Waals surface area contributed by atoms with Crippen molar-refractivity contribution in [1.82, 2.24) is 25.2 Å². The molecule has 3 aromatic heterocycles. The third-order valence-corrected chi connectivity index (χ3v) is 4.53. The van der Waals surface area contributed by atoms with Crippen LogP contribution in [0.4, 0.5) is 5.69 Å². The number of aromatic nitrogens is 5. The lowest BCUT2D eigenvalue weighted by atomic mass is 10.1. The van der Waals surface area contributed by atoms with Gasteiger partial charge in [0, 0.05) is 17.4 Å². The minimum absolute atomic E-state index is 0.0902. The van der Waals surface area contributed by atoms with Gasteiger partial charge in [-0.3, -0.25) is 4.79 Å². The Bertz CT molecular complexity index is 910. The first-order valence-corrected chi connectivity index (χ1v) is 8.35. The average Bonchev–Trinajstić information content (AvgIpc) is 3.33. The smallest absolute Gasteiger partial charge is 0.226 e. The lowest BCUT2D eigenvalue weighted by Gasteiger charge is -2.15. The molecular weight excluding hydrogens is 324 g/mol. The molecule has 0 spiro atoms. The number of thiophene rings is 1. The second-order valence-corrected chi connectivity index (χ2v) is 6.17. The quantitative estimate of drug-likeness (QED) is 0.586. The van der Waals surface area contributed by atoms with Gasteiger partial charge in [0.05, 0.1) is 12.5 Å². The Balaban J connectivity index is 1.52. The van der Waals surface area contributed by atoms with Crippen LogP contribution in [0.2, 0.25) is 0 Å². The molecule has 3 heterocycles. The van der Waals surface area contributed by atoms with Gasteiger partial charge in [0.15, 0.2) is 0 Å². The van der Waals surface area contributed by atoms with Gasteiger partial charge < -0.3 is 10.3 Å². The minimum Gasteiger partial charge on any atom is -0.361 e. The zero-order valence-electron chi connectivity index (χ0n) is 12.6. The molecule has 7 nitrogen and oxygen atoms in total. The monoisotopic (exact) mass is 338 g/mol. The number of anilines is 1. The molecule has 0 aliphatic rings. The largest absolute Gasteiger partial charge is 0.361 e. The fraction of sp³-hybridized carbons (Fsp3) is 0.125. The summed E-state index contributed by atoms with van der Waals surface area (Å²) in [5.41, 5.74) is 2.76. The molecule has 0 unspecified atom stereocenters. The van der Waals surface area contributed by atoms with Gasteiger partial charge in [-0.25, -0.2) is 4.68 Å². The van der Waals surface area contributed by atoms with Crippen molar-refractivity contribution in [3.8, 4) is 0 Å². The predicted octanol–water partition coefficient (Wildman–Crippen LogP) is 2.83. The number of hydrogen-bond acceptors (Lipinski definition) is 5. The summed E-state index contributed by atoms with van der Waals surface area (Å²) < 4.78 is 1.61. The maximum Gasteiger partial charge on any atom is 0.226 e. The SMILES string of the molecule is O=C(C[C@@H](c1ccsc1)n1cnnn1)Nc1ccc2cc[nH]c2c1.